The number of hydrogen-bond acceptors (Lipinski definition) is 0. The van der Waals surface area contributed by atoms with Gasteiger partial charge in [0.05, 0.1) is 14.1 Å². The number of alkyl halides is 1. The van der Waals surface area contributed by atoms with Crippen molar-refractivity contribution in [3.63, 3.8) is 0 Å². The van der Waals surface area contributed by atoms with E-state index in [4.69, 9.17) is 0 Å². The van der Waals surface area contributed by atoms with Gasteiger partial charge in [0.25, 0.3) is 0 Å². The second-order valence-corrected chi connectivity index (χ2v) is 6.86. The Labute approximate surface area is 102 Å². The molecule has 0 aliphatic heterocycles. The molecule has 0 saturated heterocycles. The molecule has 0 heterocycles. The van der Waals surface area contributed by atoms with Gasteiger partial charge in [-0.2, -0.15) is 4.39 Å². The average Bonchev–Trinajstić information content (AvgIpc) is 2.30. The van der Waals surface area contributed by atoms with E-state index in [2.05, 4.69) is 6.92 Å². The third-order valence-corrected chi connectivity index (χ3v) is 5.53. The second-order valence-electron chi connectivity index (χ2n) is 4.44. The van der Waals surface area contributed by atoms with E-state index in [1.807, 2.05) is 6.92 Å². The standard InChI is InChI=1S/C13H18F3P/c1-3-5-10(2)8-17(9-14)12-7-4-6-11(15)13(12)16/h4,6-7,10H,3,5,8-9H2,1-2H3/p+1. The normalized spacial score (nSPS) is 14.6. The first-order valence-electron chi connectivity index (χ1n) is 5.95. The fourth-order valence-corrected chi connectivity index (χ4v) is 4.31. The first-order valence-corrected chi connectivity index (χ1v) is 7.86. The van der Waals surface area contributed by atoms with Gasteiger partial charge in [-0.05, 0) is 24.5 Å². The summed E-state index contributed by atoms with van der Waals surface area (Å²) in [5.41, 5.74) is 0. The Morgan fingerprint density at radius 2 is 2.00 bits per heavy atom. The Kier molecular flexibility index (Phi) is 5.97. The molecule has 0 N–H and O–H groups in total. The van der Waals surface area contributed by atoms with Gasteiger partial charge in [0.1, 0.15) is 5.30 Å². The van der Waals surface area contributed by atoms with Crippen molar-refractivity contribution in [2.45, 2.75) is 26.7 Å². The molecule has 0 amide bonds. The van der Waals surface area contributed by atoms with Crippen LogP contribution in [0.1, 0.15) is 26.7 Å². The molecule has 0 nitrogen and oxygen atoms in total. The zero-order valence-electron chi connectivity index (χ0n) is 10.3. The molecule has 0 aliphatic carbocycles. The molecule has 1 rings (SSSR count). The summed E-state index contributed by atoms with van der Waals surface area (Å²) in [4.78, 5) is 0. The largest absolute Gasteiger partial charge is 0.206 e. The van der Waals surface area contributed by atoms with Gasteiger partial charge in [-0.1, -0.05) is 26.3 Å². The van der Waals surface area contributed by atoms with Gasteiger partial charge in [0, 0.05) is 0 Å². The number of benzene rings is 1. The van der Waals surface area contributed by atoms with Crippen molar-refractivity contribution in [1.82, 2.24) is 0 Å². The minimum absolute atomic E-state index is 0.264. The molecule has 1 aromatic rings. The maximum absolute atomic E-state index is 13.6. The summed E-state index contributed by atoms with van der Waals surface area (Å²) in [7, 11) is -1.62. The minimum atomic E-state index is -1.62. The van der Waals surface area contributed by atoms with E-state index >= 15 is 0 Å². The minimum Gasteiger partial charge on any atom is -0.206 e. The fraction of sp³-hybridized carbons (Fsp3) is 0.538. The van der Waals surface area contributed by atoms with Crippen LogP contribution in [0, 0.1) is 17.6 Å². The van der Waals surface area contributed by atoms with Crippen molar-refractivity contribution < 1.29 is 13.2 Å². The van der Waals surface area contributed by atoms with Crippen LogP contribution in [-0.4, -0.2) is 12.6 Å². The quantitative estimate of drug-likeness (QED) is 0.676. The Balaban J connectivity index is 2.82. The molecule has 2 unspecified atom stereocenters. The van der Waals surface area contributed by atoms with Gasteiger partial charge < -0.3 is 0 Å². The van der Waals surface area contributed by atoms with E-state index in [1.54, 1.807) is 0 Å². The lowest BCUT2D eigenvalue weighted by Gasteiger charge is -2.13. The zero-order chi connectivity index (χ0) is 12.8. The van der Waals surface area contributed by atoms with E-state index in [-0.39, 0.29) is 5.30 Å². The topological polar surface area (TPSA) is 0 Å². The molecular weight excluding hydrogens is 244 g/mol. The van der Waals surface area contributed by atoms with Gasteiger partial charge in [-0.25, -0.2) is 8.78 Å². The van der Waals surface area contributed by atoms with Crippen molar-refractivity contribution in [1.29, 1.82) is 0 Å². The van der Waals surface area contributed by atoms with Gasteiger partial charge in [0.2, 0.25) is 5.82 Å². The second kappa shape index (κ2) is 7.00. The zero-order valence-corrected chi connectivity index (χ0v) is 11.3. The van der Waals surface area contributed by atoms with Crippen LogP contribution in [0.25, 0.3) is 0 Å². The molecule has 0 saturated carbocycles. The molecular formula is C13H19F3P+. The summed E-state index contributed by atoms with van der Waals surface area (Å²) < 4.78 is 39.7. The lowest BCUT2D eigenvalue weighted by Crippen LogP contribution is -2.14. The molecule has 4 heteroatoms. The average molecular weight is 263 g/mol. The van der Waals surface area contributed by atoms with Crippen LogP contribution in [-0.2, 0) is 0 Å². The number of halogens is 3. The van der Waals surface area contributed by atoms with Gasteiger partial charge in [0.15, 0.2) is 12.2 Å². The molecule has 17 heavy (non-hydrogen) atoms. The highest BCUT2D eigenvalue weighted by atomic mass is 31.1. The van der Waals surface area contributed by atoms with Crippen LogP contribution in [0.2, 0.25) is 0 Å². The van der Waals surface area contributed by atoms with Crippen molar-refractivity contribution in [2.24, 2.45) is 5.92 Å². The summed E-state index contributed by atoms with van der Waals surface area (Å²) in [5.74, 6) is -1.36. The van der Waals surface area contributed by atoms with Crippen LogP contribution in [0.4, 0.5) is 13.2 Å². The number of hydrogen-bond donors (Lipinski definition) is 0. The van der Waals surface area contributed by atoms with Crippen LogP contribution < -0.4 is 5.30 Å². The van der Waals surface area contributed by atoms with E-state index in [9.17, 15) is 13.2 Å². The molecule has 0 bridgehead atoms. The molecule has 0 aromatic heterocycles. The number of rotatable bonds is 6. The highest BCUT2D eigenvalue weighted by molar-refractivity contribution is 7.65. The Morgan fingerprint density at radius 3 is 2.59 bits per heavy atom. The maximum atomic E-state index is 13.6. The molecule has 2 atom stereocenters. The molecule has 0 fully saturated rings. The third-order valence-electron chi connectivity index (χ3n) is 2.87. The fourth-order valence-electron chi connectivity index (χ4n) is 2.03. The highest BCUT2D eigenvalue weighted by Gasteiger charge is 2.26. The maximum Gasteiger partial charge on any atom is 0.200 e. The molecule has 0 spiro atoms. The summed E-state index contributed by atoms with van der Waals surface area (Å²) in [5, 5.41) is 0.264. The van der Waals surface area contributed by atoms with Gasteiger partial charge >= 0.3 is 0 Å². The van der Waals surface area contributed by atoms with E-state index in [0.29, 0.717) is 12.1 Å². The van der Waals surface area contributed by atoms with Crippen LogP contribution in [0.3, 0.4) is 0 Å². The summed E-state index contributed by atoms with van der Waals surface area (Å²) in [6, 6.07) is 4.05. The Bertz CT molecular complexity index is 355. The smallest absolute Gasteiger partial charge is 0.200 e. The van der Waals surface area contributed by atoms with Crippen molar-refractivity contribution in [3.05, 3.63) is 29.8 Å². The molecule has 0 aliphatic rings. The van der Waals surface area contributed by atoms with Crippen LogP contribution >= 0.6 is 7.92 Å². The molecule has 0 radical (unpaired) electrons. The van der Waals surface area contributed by atoms with Crippen molar-refractivity contribution in [3.8, 4) is 0 Å². The van der Waals surface area contributed by atoms with E-state index in [1.165, 1.54) is 12.1 Å². The van der Waals surface area contributed by atoms with Gasteiger partial charge in [-0.3, -0.25) is 0 Å². The third kappa shape index (κ3) is 3.99. The highest BCUT2D eigenvalue weighted by Crippen LogP contribution is 2.38. The Hall–Kier alpha value is -0.560. The van der Waals surface area contributed by atoms with E-state index < -0.39 is 26.0 Å². The lowest BCUT2D eigenvalue weighted by atomic mass is 10.1. The monoisotopic (exact) mass is 263 g/mol. The summed E-state index contributed by atoms with van der Waals surface area (Å²) in [6.45, 7) is 4.11. The van der Waals surface area contributed by atoms with Gasteiger partial charge in [-0.15, -0.1) is 0 Å². The van der Waals surface area contributed by atoms with Crippen LogP contribution in [0.5, 0.6) is 0 Å². The van der Waals surface area contributed by atoms with Crippen LogP contribution in [0.15, 0.2) is 18.2 Å². The predicted octanol–water partition coefficient (Wildman–Crippen LogP) is 4.17. The van der Waals surface area contributed by atoms with Crippen molar-refractivity contribution in [2.75, 3.05) is 12.6 Å². The summed E-state index contributed by atoms with van der Waals surface area (Å²) in [6.07, 6.45) is 2.16. The SMILES string of the molecule is CCCC(C)C[PH+](CF)c1cccc(F)c1F. The first-order chi connectivity index (χ1) is 8.10. The Morgan fingerprint density at radius 1 is 1.29 bits per heavy atom. The molecule has 96 valence electrons. The first kappa shape index (κ1) is 14.5. The van der Waals surface area contributed by atoms with Crippen molar-refractivity contribution >= 4 is 13.2 Å². The summed E-state index contributed by atoms with van der Waals surface area (Å²) >= 11 is 0. The lowest BCUT2D eigenvalue weighted by molar-refractivity contribution is 0.513. The van der Waals surface area contributed by atoms with E-state index in [0.717, 1.165) is 18.9 Å². The molecule has 1 aromatic carbocycles. The predicted molar refractivity (Wildman–Crippen MR) is 69.2 cm³/mol.